The van der Waals surface area contributed by atoms with E-state index in [1.54, 1.807) is 6.92 Å². The molecular weight excluding hydrogens is 384 g/mol. The van der Waals surface area contributed by atoms with E-state index in [9.17, 15) is 4.79 Å². The number of hydrogen-bond donors (Lipinski definition) is 0. The molecule has 2 heterocycles. The van der Waals surface area contributed by atoms with Gasteiger partial charge in [-0.05, 0) is 56.6 Å². The van der Waals surface area contributed by atoms with Crippen LogP contribution in [0, 0.1) is 0 Å². The molecule has 0 spiro atoms. The number of aromatic nitrogens is 1. The van der Waals surface area contributed by atoms with Gasteiger partial charge in [0.25, 0.3) is 0 Å². The number of likely N-dealkylation sites (tertiary alicyclic amines) is 1. The van der Waals surface area contributed by atoms with Crippen molar-refractivity contribution in [1.82, 2.24) is 9.47 Å². The number of aryl methyl sites for hydroxylation is 1. The number of halogens is 1. The van der Waals surface area contributed by atoms with Gasteiger partial charge in [0.15, 0.2) is 5.78 Å². The Kier molecular flexibility index (Phi) is 6.99. The third-order valence-corrected chi connectivity index (χ3v) is 5.79. The zero-order chi connectivity index (χ0) is 19.5. The molecule has 1 aliphatic heterocycles. The first-order valence-electron chi connectivity index (χ1n) is 10.1. The summed E-state index contributed by atoms with van der Waals surface area (Å²) in [5, 5.41) is 1.31. The molecule has 4 rings (SSSR count). The van der Waals surface area contributed by atoms with E-state index >= 15 is 0 Å². The average Bonchev–Trinajstić information content (AvgIpc) is 2.99. The molecule has 0 radical (unpaired) electrons. The summed E-state index contributed by atoms with van der Waals surface area (Å²) in [7, 11) is 2.12. The van der Waals surface area contributed by atoms with Crippen LogP contribution in [-0.4, -0.2) is 28.3 Å². The van der Waals surface area contributed by atoms with Crippen LogP contribution >= 0.6 is 12.4 Å². The van der Waals surface area contributed by atoms with Crippen molar-refractivity contribution in [2.45, 2.75) is 39.3 Å². The van der Waals surface area contributed by atoms with Crippen LogP contribution in [0.4, 0.5) is 0 Å². The summed E-state index contributed by atoms with van der Waals surface area (Å²) in [6, 6.07) is 16.0. The van der Waals surface area contributed by atoms with Gasteiger partial charge in [-0.25, -0.2) is 0 Å². The van der Waals surface area contributed by atoms with Crippen molar-refractivity contribution >= 4 is 29.1 Å². The third kappa shape index (κ3) is 4.65. The number of ether oxygens (including phenoxy) is 1. The molecule has 3 aromatic rings. The van der Waals surface area contributed by atoms with Crippen LogP contribution in [0.2, 0.25) is 0 Å². The number of para-hydroxylation sites is 1. The lowest BCUT2D eigenvalue weighted by Crippen LogP contribution is -2.29. The van der Waals surface area contributed by atoms with Crippen LogP contribution in [0.25, 0.3) is 10.9 Å². The molecule has 2 aromatic carbocycles. The van der Waals surface area contributed by atoms with Gasteiger partial charge >= 0.3 is 0 Å². The second kappa shape index (κ2) is 9.47. The molecule has 154 valence electrons. The Morgan fingerprint density at radius 3 is 2.55 bits per heavy atom. The average molecular weight is 413 g/mol. The van der Waals surface area contributed by atoms with Gasteiger partial charge in [-0.2, -0.15) is 0 Å². The smallest absolute Gasteiger partial charge is 0.159 e. The van der Waals surface area contributed by atoms with Crippen molar-refractivity contribution in [3.63, 3.8) is 0 Å². The molecule has 0 N–H and O–H groups in total. The highest BCUT2D eigenvalue weighted by Gasteiger charge is 2.19. The van der Waals surface area contributed by atoms with Gasteiger partial charge in [-0.15, -0.1) is 12.4 Å². The summed E-state index contributed by atoms with van der Waals surface area (Å²) in [6.45, 7) is 5.39. The molecule has 1 saturated heterocycles. The van der Waals surface area contributed by atoms with Crippen LogP contribution in [0.15, 0.2) is 48.5 Å². The minimum atomic E-state index is 0. The molecule has 1 aromatic heterocycles. The number of rotatable bonds is 6. The topological polar surface area (TPSA) is 34.5 Å². The summed E-state index contributed by atoms with van der Waals surface area (Å²) in [5.41, 5.74) is 4.50. The molecule has 5 heteroatoms. The minimum absolute atomic E-state index is 0. The van der Waals surface area contributed by atoms with E-state index in [0.717, 1.165) is 12.3 Å². The first-order valence-corrected chi connectivity index (χ1v) is 10.1. The van der Waals surface area contributed by atoms with Gasteiger partial charge in [0, 0.05) is 30.1 Å². The Hall–Kier alpha value is -2.30. The predicted molar refractivity (Wildman–Crippen MR) is 120 cm³/mol. The largest absolute Gasteiger partial charge is 0.487 e. The Morgan fingerprint density at radius 1 is 1.03 bits per heavy atom. The predicted octanol–water partition coefficient (Wildman–Crippen LogP) is 5.37. The lowest BCUT2D eigenvalue weighted by atomic mass is 10.1. The van der Waals surface area contributed by atoms with Crippen LogP contribution in [0.1, 0.15) is 47.8 Å². The molecule has 0 amide bonds. The monoisotopic (exact) mass is 412 g/mol. The Labute approximate surface area is 178 Å². The maximum atomic E-state index is 11.7. The van der Waals surface area contributed by atoms with Crippen molar-refractivity contribution in [2.24, 2.45) is 7.05 Å². The van der Waals surface area contributed by atoms with Gasteiger partial charge in [0.1, 0.15) is 12.4 Å². The maximum absolute atomic E-state index is 11.7. The van der Waals surface area contributed by atoms with Crippen LogP contribution in [-0.2, 0) is 20.2 Å². The van der Waals surface area contributed by atoms with E-state index in [4.69, 9.17) is 4.74 Å². The van der Waals surface area contributed by atoms with Gasteiger partial charge in [-0.1, -0.05) is 36.8 Å². The van der Waals surface area contributed by atoms with Gasteiger partial charge in [0.2, 0.25) is 0 Å². The van der Waals surface area contributed by atoms with Crippen molar-refractivity contribution in [2.75, 3.05) is 13.1 Å². The summed E-state index contributed by atoms with van der Waals surface area (Å²) in [6.07, 6.45) is 3.91. The number of hydrogen-bond acceptors (Lipinski definition) is 3. The fourth-order valence-electron chi connectivity index (χ4n) is 4.18. The van der Waals surface area contributed by atoms with E-state index in [2.05, 4.69) is 40.8 Å². The number of ketones is 1. The Balaban J connectivity index is 0.00000240. The quantitative estimate of drug-likeness (QED) is 0.510. The second-order valence-corrected chi connectivity index (χ2v) is 7.71. The number of Topliss-reactive ketones (excluding diaryl/α,β-unsaturated/α-hetero) is 1. The molecular formula is C24H29ClN2O2. The zero-order valence-electron chi connectivity index (χ0n) is 17.2. The van der Waals surface area contributed by atoms with Crippen LogP contribution in [0.5, 0.6) is 5.75 Å². The fraction of sp³-hybridized carbons (Fsp3) is 0.375. The molecule has 0 unspecified atom stereocenters. The van der Waals surface area contributed by atoms with Gasteiger partial charge in [-0.3, -0.25) is 9.69 Å². The Morgan fingerprint density at radius 2 is 1.79 bits per heavy atom. The summed E-state index contributed by atoms with van der Waals surface area (Å²) in [4.78, 5) is 14.2. The van der Waals surface area contributed by atoms with E-state index < -0.39 is 0 Å². The molecule has 0 aliphatic carbocycles. The van der Waals surface area contributed by atoms with E-state index in [-0.39, 0.29) is 18.2 Å². The maximum Gasteiger partial charge on any atom is 0.159 e. The third-order valence-electron chi connectivity index (χ3n) is 5.79. The number of benzene rings is 2. The first-order chi connectivity index (χ1) is 13.6. The van der Waals surface area contributed by atoms with E-state index in [1.165, 1.54) is 54.5 Å². The summed E-state index contributed by atoms with van der Waals surface area (Å²) < 4.78 is 8.38. The second-order valence-electron chi connectivity index (χ2n) is 7.71. The summed E-state index contributed by atoms with van der Waals surface area (Å²) in [5.74, 6) is 0.794. The van der Waals surface area contributed by atoms with Crippen molar-refractivity contribution < 1.29 is 9.53 Å². The number of carbonyl (C=O) groups is 1. The van der Waals surface area contributed by atoms with Gasteiger partial charge in [0.05, 0.1) is 5.69 Å². The molecule has 4 nitrogen and oxygen atoms in total. The molecule has 29 heavy (non-hydrogen) atoms. The number of fused-ring (bicyclic) bond motifs is 1. The van der Waals surface area contributed by atoms with Crippen molar-refractivity contribution in [1.29, 1.82) is 0 Å². The van der Waals surface area contributed by atoms with Gasteiger partial charge < -0.3 is 9.30 Å². The normalized spacial score (nSPS) is 14.6. The fourth-order valence-corrected chi connectivity index (χ4v) is 4.18. The number of nitrogens with zero attached hydrogens (tertiary/aromatic N) is 2. The molecule has 1 aliphatic rings. The van der Waals surface area contributed by atoms with E-state index in [0.29, 0.717) is 12.2 Å². The Bertz CT molecular complexity index is 990. The van der Waals surface area contributed by atoms with Crippen LogP contribution in [0.3, 0.4) is 0 Å². The highest BCUT2D eigenvalue weighted by molar-refractivity contribution is 5.94. The minimum Gasteiger partial charge on any atom is -0.487 e. The first kappa shape index (κ1) is 21.4. The lowest BCUT2D eigenvalue weighted by molar-refractivity contribution is 0.101. The standard InChI is InChI=1S/C24H28N2O2.ClH/c1-18(27)19-9-8-10-20(15-19)28-17-24-22(16-26-13-6-3-7-14-26)21-11-4-5-12-23(21)25(24)2;/h4-5,8-12,15H,3,6-7,13-14,16-17H2,1-2H3;1H. The zero-order valence-corrected chi connectivity index (χ0v) is 18.0. The number of carbonyl (C=O) groups excluding carboxylic acids is 1. The SMILES string of the molecule is CC(=O)c1cccc(OCc2c(CN3CCCCC3)c3ccccc3n2C)c1.Cl. The van der Waals surface area contributed by atoms with Crippen molar-refractivity contribution in [3.8, 4) is 5.75 Å². The van der Waals surface area contributed by atoms with Crippen molar-refractivity contribution in [3.05, 3.63) is 65.4 Å². The van der Waals surface area contributed by atoms with E-state index in [1.807, 2.05) is 24.3 Å². The highest BCUT2D eigenvalue weighted by Crippen LogP contribution is 2.29. The molecule has 0 atom stereocenters. The number of piperidine rings is 1. The highest BCUT2D eigenvalue weighted by atomic mass is 35.5. The van der Waals surface area contributed by atoms with Crippen LogP contribution < -0.4 is 4.74 Å². The summed E-state index contributed by atoms with van der Waals surface area (Å²) >= 11 is 0. The molecule has 0 bridgehead atoms. The lowest BCUT2D eigenvalue weighted by Gasteiger charge is -2.26. The molecule has 1 fully saturated rings. The molecule has 0 saturated carbocycles.